The van der Waals surface area contributed by atoms with Crippen molar-refractivity contribution in [2.45, 2.75) is 18.4 Å². The van der Waals surface area contributed by atoms with E-state index in [2.05, 4.69) is 15.0 Å². The van der Waals surface area contributed by atoms with Gasteiger partial charge in [0.15, 0.2) is 16.3 Å². The second-order valence-electron chi connectivity index (χ2n) is 6.61. The van der Waals surface area contributed by atoms with E-state index in [0.29, 0.717) is 17.5 Å². The lowest BCUT2D eigenvalue weighted by Crippen LogP contribution is -2.15. The van der Waals surface area contributed by atoms with E-state index in [-0.39, 0.29) is 22.2 Å². The second-order valence-corrected chi connectivity index (χ2v) is 8.23. The van der Waals surface area contributed by atoms with Gasteiger partial charge in [0.1, 0.15) is 11.5 Å². The van der Waals surface area contributed by atoms with Crippen LogP contribution in [0.1, 0.15) is 11.1 Å². The topological polar surface area (TPSA) is 108 Å². The van der Waals surface area contributed by atoms with Gasteiger partial charge in [-0.1, -0.05) is 11.2 Å². The van der Waals surface area contributed by atoms with Crippen molar-refractivity contribution >= 4 is 26.8 Å². The van der Waals surface area contributed by atoms with Gasteiger partial charge in [-0.25, -0.2) is 8.42 Å². The summed E-state index contributed by atoms with van der Waals surface area (Å²) in [5.74, 6) is 0.409. The molecule has 0 saturated heterocycles. The second kappa shape index (κ2) is 7.71. The molecule has 0 aliphatic rings. The number of methoxy groups -OCH3 is 2. The van der Waals surface area contributed by atoms with Gasteiger partial charge in [0.2, 0.25) is 0 Å². The summed E-state index contributed by atoms with van der Waals surface area (Å²) in [6.07, 6.45) is 3.57. The van der Waals surface area contributed by atoms with Crippen LogP contribution < -0.4 is 14.2 Å². The van der Waals surface area contributed by atoms with Crippen molar-refractivity contribution in [2.75, 3.05) is 18.9 Å². The van der Waals surface area contributed by atoms with Crippen molar-refractivity contribution < 1.29 is 22.4 Å². The number of fused-ring (bicyclic) bond motifs is 1. The predicted molar refractivity (Wildman–Crippen MR) is 110 cm³/mol. The zero-order valence-corrected chi connectivity index (χ0v) is 17.4. The van der Waals surface area contributed by atoms with E-state index in [1.54, 1.807) is 29.1 Å². The number of nitrogens with one attached hydrogen (secondary N) is 1. The van der Waals surface area contributed by atoms with Crippen molar-refractivity contribution in [1.29, 1.82) is 0 Å². The van der Waals surface area contributed by atoms with Crippen molar-refractivity contribution in [3.05, 3.63) is 59.9 Å². The summed E-state index contributed by atoms with van der Waals surface area (Å²) in [7, 11) is -1.28. The fraction of sp³-hybridized carbons (Fsp3) is 0.200. The molecule has 0 bridgehead atoms. The average Bonchev–Trinajstić information content (AvgIpc) is 3.38. The minimum atomic E-state index is -4.06. The summed E-state index contributed by atoms with van der Waals surface area (Å²) >= 11 is 0. The predicted octanol–water partition coefficient (Wildman–Crippen LogP) is 3.20. The summed E-state index contributed by atoms with van der Waals surface area (Å²) < 4.78 is 46.3. The minimum absolute atomic E-state index is 0.0895. The van der Waals surface area contributed by atoms with Crippen molar-refractivity contribution in [1.82, 2.24) is 14.9 Å². The maximum atomic E-state index is 13.1. The first-order valence-electron chi connectivity index (χ1n) is 9.03. The smallest absolute Gasteiger partial charge is 0.270 e. The van der Waals surface area contributed by atoms with E-state index in [4.69, 9.17) is 14.0 Å². The summed E-state index contributed by atoms with van der Waals surface area (Å²) in [4.78, 5) is -0.113. The number of aromatic nitrogens is 3. The molecule has 156 valence electrons. The Bertz CT molecular complexity index is 1270. The summed E-state index contributed by atoms with van der Waals surface area (Å²) in [6, 6.07) is 10.3. The number of sulfonamides is 1. The Labute approximate surface area is 173 Å². The molecule has 0 amide bonds. The van der Waals surface area contributed by atoms with E-state index >= 15 is 0 Å². The molecule has 0 saturated carbocycles. The van der Waals surface area contributed by atoms with Crippen molar-refractivity contribution in [3.63, 3.8) is 0 Å². The molecule has 0 fully saturated rings. The van der Waals surface area contributed by atoms with Gasteiger partial charge < -0.3 is 14.0 Å². The van der Waals surface area contributed by atoms with Crippen LogP contribution in [-0.2, 0) is 16.6 Å². The average molecular weight is 428 g/mol. The van der Waals surface area contributed by atoms with Crippen LogP contribution >= 0.6 is 0 Å². The molecule has 0 radical (unpaired) electrons. The third kappa shape index (κ3) is 3.57. The minimum Gasteiger partial charge on any atom is -0.495 e. The van der Waals surface area contributed by atoms with Crippen LogP contribution in [0.5, 0.6) is 11.5 Å². The molecule has 2 heterocycles. The summed E-state index contributed by atoms with van der Waals surface area (Å²) in [5, 5.41) is 8.68. The largest absolute Gasteiger partial charge is 0.495 e. The number of anilines is 1. The molecule has 9 nitrogen and oxygen atoms in total. The standard InChI is InChI=1S/C20H20N4O5S/c1-13-10-15-18(11-14(13)12-24-9-5-8-21-24)29-22-20(15)23-30(25,26)19-16(27-2)6-4-7-17(19)28-3/h4-11H,12H2,1-3H3,(H,22,23). The van der Waals surface area contributed by atoms with Gasteiger partial charge in [-0.15, -0.1) is 0 Å². The molecule has 0 unspecified atom stereocenters. The highest BCUT2D eigenvalue weighted by Gasteiger charge is 2.27. The Morgan fingerprint density at radius 3 is 2.50 bits per heavy atom. The molecule has 4 aromatic rings. The van der Waals surface area contributed by atoms with E-state index in [9.17, 15) is 8.42 Å². The first-order valence-corrected chi connectivity index (χ1v) is 10.5. The molecule has 30 heavy (non-hydrogen) atoms. The fourth-order valence-electron chi connectivity index (χ4n) is 3.21. The number of hydrogen-bond acceptors (Lipinski definition) is 7. The summed E-state index contributed by atoms with van der Waals surface area (Å²) in [5.41, 5.74) is 2.41. The Morgan fingerprint density at radius 2 is 1.87 bits per heavy atom. The highest BCUT2D eigenvalue weighted by Crippen LogP contribution is 2.35. The number of hydrogen-bond donors (Lipinski definition) is 1. The third-order valence-electron chi connectivity index (χ3n) is 4.70. The third-order valence-corrected chi connectivity index (χ3v) is 6.10. The van der Waals surface area contributed by atoms with Crippen molar-refractivity contribution in [2.24, 2.45) is 0 Å². The van der Waals surface area contributed by atoms with Crippen molar-refractivity contribution in [3.8, 4) is 11.5 Å². The van der Waals surface area contributed by atoms with Crippen LogP contribution in [0.15, 0.2) is 58.2 Å². The molecule has 0 spiro atoms. The first-order chi connectivity index (χ1) is 14.4. The lowest BCUT2D eigenvalue weighted by molar-refractivity contribution is 0.373. The monoisotopic (exact) mass is 428 g/mol. The highest BCUT2D eigenvalue weighted by atomic mass is 32.2. The maximum absolute atomic E-state index is 13.1. The SMILES string of the molecule is COc1cccc(OC)c1S(=O)(=O)Nc1noc2cc(Cn3cccn3)c(C)cc12. The lowest BCUT2D eigenvalue weighted by Gasteiger charge is -2.13. The summed E-state index contributed by atoms with van der Waals surface area (Å²) in [6.45, 7) is 2.50. The van der Waals surface area contributed by atoms with Crippen LogP contribution in [0.3, 0.4) is 0 Å². The van der Waals surface area contributed by atoms with Crippen LogP contribution in [0.25, 0.3) is 11.0 Å². The zero-order chi connectivity index (χ0) is 21.3. The van der Waals surface area contributed by atoms with Gasteiger partial charge in [-0.2, -0.15) is 5.10 Å². The Balaban J connectivity index is 1.72. The van der Waals surface area contributed by atoms with Crippen LogP contribution in [0.4, 0.5) is 5.82 Å². The lowest BCUT2D eigenvalue weighted by atomic mass is 10.1. The molecular weight excluding hydrogens is 408 g/mol. The Kier molecular flexibility index (Phi) is 5.08. The zero-order valence-electron chi connectivity index (χ0n) is 16.6. The van der Waals surface area contributed by atoms with Gasteiger partial charge in [0.05, 0.1) is 26.2 Å². The molecule has 0 aliphatic carbocycles. The van der Waals surface area contributed by atoms with E-state index < -0.39 is 10.0 Å². The van der Waals surface area contributed by atoms with Crippen LogP contribution in [0.2, 0.25) is 0 Å². The van der Waals surface area contributed by atoms with E-state index in [1.165, 1.54) is 14.2 Å². The van der Waals surface area contributed by atoms with Crippen LogP contribution in [0, 0.1) is 6.92 Å². The van der Waals surface area contributed by atoms with Gasteiger partial charge in [-0.3, -0.25) is 9.40 Å². The molecular formula is C20H20N4O5S. The number of rotatable bonds is 7. The molecule has 4 rings (SSSR count). The van der Waals surface area contributed by atoms with Gasteiger partial charge in [-0.05, 0) is 48.4 Å². The quantitative estimate of drug-likeness (QED) is 0.481. The van der Waals surface area contributed by atoms with E-state index in [1.807, 2.05) is 31.3 Å². The van der Waals surface area contributed by atoms with Gasteiger partial charge in [0, 0.05) is 12.4 Å². The fourth-order valence-corrected chi connectivity index (χ4v) is 4.54. The molecule has 1 N–H and O–H groups in total. The number of aryl methyl sites for hydroxylation is 1. The van der Waals surface area contributed by atoms with E-state index in [0.717, 1.165) is 11.1 Å². The maximum Gasteiger partial charge on any atom is 0.270 e. The Morgan fingerprint density at radius 1 is 1.13 bits per heavy atom. The number of benzene rings is 2. The molecule has 2 aromatic heterocycles. The number of ether oxygens (including phenoxy) is 2. The van der Waals surface area contributed by atoms with Gasteiger partial charge in [0.25, 0.3) is 10.0 Å². The molecule has 0 aliphatic heterocycles. The normalized spacial score (nSPS) is 11.6. The first kappa shape index (κ1) is 19.8. The molecule has 0 atom stereocenters. The Hall–Kier alpha value is -3.53. The van der Waals surface area contributed by atoms with Gasteiger partial charge >= 0.3 is 0 Å². The highest BCUT2D eigenvalue weighted by molar-refractivity contribution is 7.93. The number of nitrogens with zero attached hydrogens (tertiary/aromatic N) is 3. The molecule has 10 heteroatoms. The molecule has 2 aromatic carbocycles. The van der Waals surface area contributed by atoms with Crippen LogP contribution in [-0.4, -0.2) is 37.6 Å².